The third-order valence-corrected chi connectivity index (χ3v) is 3.77. The van der Waals surface area contributed by atoms with Crippen LogP contribution in [0.4, 0.5) is 11.6 Å². The second-order valence-electron chi connectivity index (χ2n) is 3.73. The zero-order chi connectivity index (χ0) is 11.4. The molecule has 1 saturated heterocycles. The Labute approximate surface area is 101 Å². The lowest BCUT2D eigenvalue weighted by molar-refractivity contribution is 0.822. The highest BCUT2D eigenvalue weighted by atomic mass is 32.2. The molecular formula is C11H18N4S. The Morgan fingerprint density at radius 1 is 1.38 bits per heavy atom. The van der Waals surface area contributed by atoms with Crippen LogP contribution in [0.2, 0.25) is 0 Å². The first-order valence-electron chi connectivity index (χ1n) is 5.71. The number of thioether (sulfide) groups is 1. The average Bonchev–Trinajstić information content (AvgIpc) is 2.38. The molecule has 1 aliphatic rings. The van der Waals surface area contributed by atoms with E-state index in [1.807, 2.05) is 18.8 Å². The summed E-state index contributed by atoms with van der Waals surface area (Å²) in [6, 6.07) is 0. The highest BCUT2D eigenvalue weighted by Gasteiger charge is 2.17. The van der Waals surface area contributed by atoms with Gasteiger partial charge in [-0.05, 0) is 6.42 Å². The maximum atomic E-state index is 4.45. The molecule has 16 heavy (non-hydrogen) atoms. The molecule has 1 aromatic heterocycles. The minimum absolute atomic E-state index is 0.964. The summed E-state index contributed by atoms with van der Waals surface area (Å²) < 4.78 is 0. The first kappa shape index (κ1) is 11.5. The minimum atomic E-state index is 0.964. The molecule has 0 aliphatic carbocycles. The third kappa shape index (κ3) is 2.24. The van der Waals surface area contributed by atoms with Gasteiger partial charge in [0.1, 0.15) is 18.0 Å². The van der Waals surface area contributed by atoms with Gasteiger partial charge in [-0.3, -0.25) is 0 Å². The van der Waals surface area contributed by atoms with Gasteiger partial charge in [-0.2, -0.15) is 11.8 Å². The van der Waals surface area contributed by atoms with Crippen LogP contribution < -0.4 is 10.2 Å². The molecule has 88 valence electrons. The highest BCUT2D eigenvalue weighted by Crippen LogP contribution is 2.25. The number of hydrogen-bond acceptors (Lipinski definition) is 5. The van der Waals surface area contributed by atoms with Gasteiger partial charge in [0.05, 0.1) is 0 Å². The van der Waals surface area contributed by atoms with Crippen molar-refractivity contribution in [2.75, 3.05) is 41.9 Å². The van der Waals surface area contributed by atoms with Crippen molar-refractivity contribution in [1.82, 2.24) is 9.97 Å². The molecule has 1 fully saturated rings. The van der Waals surface area contributed by atoms with E-state index in [4.69, 9.17) is 0 Å². The van der Waals surface area contributed by atoms with Gasteiger partial charge in [-0.1, -0.05) is 6.92 Å². The van der Waals surface area contributed by atoms with Crippen LogP contribution >= 0.6 is 11.8 Å². The van der Waals surface area contributed by atoms with Gasteiger partial charge in [0.2, 0.25) is 0 Å². The van der Waals surface area contributed by atoms with E-state index in [1.165, 1.54) is 17.1 Å². The lowest BCUT2D eigenvalue weighted by atomic mass is 10.2. The van der Waals surface area contributed by atoms with Crippen LogP contribution in [0.1, 0.15) is 12.5 Å². The van der Waals surface area contributed by atoms with Crippen LogP contribution in [0.3, 0.4) is 0 Å². The van der Waals surface area contributed by atoms with Crippen molar-refractivity contribution >= 4 is 23.4 Å². The quantitative estimate of drug-likeness (QED) is 0.867. The number of anilines is 2. The molecule has 2 rings (SSSR count). The van der Waals surface area contributed by atoms with Gasteiger partial charge in [-0.15, -0.1) is 0 Å². The van der Waals surface area contributed by atoms with Crippen LogP contribution in [-0.2, 0) is 6.42 Å². The molecule has 1 N–H and O–H groups in total. The summed E-state index contributed by atoms with van der Waals surface area (Å²) in [6.45, 7) is 4.34. The Bertz CT molecular complexity index is 350. The average molecular weight is 238 g/mol. The van der Waals surface area contributed by atoms with E-state index in [0.717, 1.165) is 31.1 Å². The van der Waals surface area contributed by atoms with E-state index in [9.17, 15) is 0 Å². The summed E-state index contributed by atoms with van der Waals surface area (Å²) in [6.07, 6.45) is 2.62. The molecule has 0 atom stereocenters. The molecule has 0 bridgehead atoms. The summed E-state index contributed by atoms with van der Waals surface area (Å²) >= 11 is 2.02. The Morgan fingerprint density at radius 2 is 2.12 bits per heavy atom. The van der Waals surface area contributed by atoms with Crippen molar-refractivity contribution < 1.29 is 0 Å². The summed E-state index contributed by atoms with van der Waals surface area (Å²) in [7, 11) is 1.91. The van der Waals surface area contributed by atoms with Gasteiger partial charge in [0, 0.05) is 37.2 Å². The predicted octanol–water partition coefficient (Wildman–Crippen LogP) is 1.63. The van der Waals surface area contributed by atoms with Crippen LogP contribution in [-0.4, -0.2) is 41.6 Å². The zero-order valence-electron chi connectivity index (χ0n) is 9.86. The summed E-state index contributed by atoms with van der Waals surface area (Å²) in [5.41, 5.74) is 1.23. The molecular weight excluding hydrogens is 220 g/mol. The summed E-state index contributed by atoms with van der Waals surface area (Å²) in [4.78, 5) is 11.1. The van der Waals surface area contributed by atoms with E-state index < -0.39 is 0 Å². The Kier molecular flexibility index (Phi) is 3.88. The van der Waals surface area contributed by atoms with Crippen molar-refractivity contribution in [3.8, 4) is 0 Å². The minimum Gasteiger partial charge on any atom is -0.373 e. The monoisotopic (exact) mass is 238 g/mol. The molecule has 0 amide bonds. The molecule has 0 saturated carbocycles. The van der Waals surface area contributed by atoms with Crippen molar-refractivity contribution in [1.29, 1.82) is 0 Å². The van der Waals surface area contributed by atoms with E-state index in [1.54, 1.807) is 6.33 Å². The molecule has 4 nitrogen and oxygen atoms in total. The first-order chi connectivity index (χ1) is 7.86. The van der Waals surface area contributed by atoms with Crippen molar-refractivity contribution in [3.63, 3.8) is 0 Å². The smallest absolute Gasteiger partial charge is 0.137 e. The zero-order valence-corrected chi connectivity index (χ0v) is 10.7. The lowest BCUT2D eigenvalue weighted by Crippen LogP contribution is -2.34. The fraction of sp³-hybridized carbons (Fsp3) is 0.636. The normalized spacial score (nSPS) is 16.2. The highest BCUT2D eigenvalue weighted by molar-refractivity contribution is 7.99. The van der Waals surface area contributed by atoms with Crippen molar-refractivity contribution in [2.45, 2.75) is 13.3 Å². The topological polar surface area (TPSA) is 41.1 Å². The molecule has 2 heterocycles. The molecule has 5 heteroatoms. The second-order valence-corrected chi connectivity index (χ2v) is 4.95. The fourth-order valence-electron chi connectivity index (χ4n) is 1.99. The molecule has 0 unspecified atom stereocenters. The number of nitrogens with zero attached hydrogens (tertiary/aromatic N) is 3. The first-order valence-corrected chi connectivity index (χ1v) is 6.86. The Morgan fingerprint density at radius 3 is 2.75 bits per heavy atom. The number of hydrogen-bond donors (Lipinski definition) is 1. The predicted molar refractivity (Wildman–Crippen MR) is 70.5 cm³/mol. The van der Waals surface area contributed by atoms with E-state index in [2.05, 4.69) is 27.1 Å². The molecule has 1 aliphatic heterocycles. The summed E-state index contributed by atoms with van der Waals surface area (Å²) in [5, 5.41) is 3.14. The summed E-state index contributed by atoms with van der Waals surface area (Å²) in [5.74, 6) is 4.47. The van der Waals surface area contributed by atoms with Gasteiger partial charge in [0.15, 0.2) is 0 Å². The molecule has 0 spiro atoms. The SMILES string of the molecule is CCc1c(NC)ncnc1N1CCSCC1. The lowest BCUT2D eigenvalue weighted by Gasteiger charge is -2.29. The largest absolute Gasteiger partial charge is 0.373 e. The van der Waals surface area contributed by atoms with E-state index in [-0.39, 0.29) is 0 Å². The van der Waals surface area contributed by atoms with Crippen LogP contribution in [0, 0.1) is 0 Å². The molecule has 1 aromatic rings. The molecule has 0 aromatic carbocycles. The number of aromatic nitrogens is 2. The van der Waals surface area contributed by atoms with Crippen LogP contribution in [0.25, 0.3) is 0 Å². The third-order valence-electron chi connectivity index (χ3n) is 2.82. The number of rotatable bonds is 3. The number of nitrogens with one attached hydrogen (secondary N) is 1. The van der Waals surface area contributed by atoms with E-state index in [0.29, 0.717) is 0 Å². The second kappa shape index (κ2) is 5.39. The van der Waals surface area contributed by atoms with Crippen molar-refractivity contribution in [3.05, 3.63) is 11.9 Å². The maximum Gasteiger partial charge on any atom is 0.137 e. The Hall–Kier alpha value is -0.970. The van der Waals surface area contributed by atoms with Crippen LogP contribution in [0.5, 0.6) is 0 Å². The Balaban J connectivity index is 2.30. The standard InChI is InChI=1S/C11H18N4S/c1-3-9-10(12-2)13-8-14-11(9)15-4-6-16-7-5-15/h8H,3-7H2,1-2H3,(H,12,13,14). The van der Waals surface area contributed by atoms with Crippen LogP contribution in [0.15, 0.2) is 6.33 Å². The van der Waals surface area contributed by atoms with Crippen molar-refractivity contribution in [2.24, 2.45) is 0 Å². The van der Waals surface area contributed by atoms with E-state index >= 15 is 0 Å². The van der Waals surface area contributed by atoms with Gasteiger partial charge in [0.25, 0.3) is 0 Å². The van der Waals surface area contributed by atoms with Gasteiger partial charge in [-0.25, -0.2) is 9.97 Å². The van der Waals surface area contributed by atoms with Gasteiger partial charge < -0.3 is 10.2 Å². The fourth-order valence-corrected chi connectivity index (χ4v) is 2.89. The maximum absolute atomic E-state index is 4.45. The van der Waals surface area contributed by atoms with Gasteiger partial charge >= 0.3 is 0 Å². The molecule has 0 radical (unpaired) electrons.